The number of rotatable bonds is 4. The molecule has 1 N–H and O–H groups in total. The predicted octanol–water partition coefficient (Wildman–Crippen LogP) is 0.796. The molecule has 56 valence electrons. The topological polar surface area (TPSA) is 38.3 Å². The van der Waals surface area contributed by atoms with Gasteiger partial charge in [-0.3, -0.25) is 4.79 Å². The minimum absolute atomic E-state index is 0.148. The van der Waals surface area contributed by atoms with Crippen molar-refractivity contribution in [3.63, 3.8) is 0 Å². The van der Waals surface area contributed by atoms with Crippen molar-refractivity contribution in [2.24, 2.45) is 0 Å². The molecule has 0 radical (unpaired) electrons. The van der Waals surface area contributed by atoms with E-state index in [0.29, 0.717) is 5.57 Å². The molecule has 3 heteroatoms. The van der Waals surface area contributed by atoms with E-state index in [1.807, 2.05) is 0 Å². The van der Waals surface area contributed by atoms with E-state index in [-0.39, 0.29) is 12.6 Å². The Kier molecular flexibility index (Phi) is 4.04. The molecule has 10 heavy (non-hydrogen) atoms. The molecule has 3 nitrogen and oxygen atoms in total. The Hall–Kier alpha value is -1.25. The van der Waals surface area contributed by atoms with E-state index in [1.54, 1.807) is 6.92 Å². The molecule has 0 aliphatic rings. The summed E-state index contributed by atoms with van der Waals surface area (Å²) in [6.07, 6.45) is 1.26. The molecule has 0 rings (SSSR count). The maximum absolute atomic E-state index is 10.7. The number of amides is 1. The molecule has 0 saturated carbocycles. The van der Waals surface area contributed by atoms with Crippen LogP contribution in [0.3, 0.4) is 0 Å². The van der Waals surface area contributed by atoms with Gasteiger partial charge >= 0.3 is 0 Å². The quantitative estimate of drug-likeness (QED) is 0.272. The van der Waals surface area contributed by atoms with Crippen molar-refractivity contribution in [3.8, 4) is 0 Å². The lowest BCUT2D eigenvalue weighted by atomic mass is 10.3. The van der Waals surface area contributed by atoms with Crippen LogP contribution in [0.2, 0.25) is 0 Å². The molecule has 0 aliphatic heterocycles. The Balaban J connectivity index is 3.40. The predicted molar refractivity (Wildman–Crippen MR) is 39.1 cm³/mol. The fraction of sp³-hybridized carbons (Fsp3) is 0.286. The van der Waals surface area contributed by atoms with Crippen LogP contribution in [0.15, 0.2) is 25.0 Å². The molecule has 0 saturated heterocycles. The van der Waals surface area contributed by atoms with E-state index < -0.39 is 0 Å². The number of carbonyl (C=O) groups excluding carboxylic acids is 1. The lowest BCUT2D eigenvalue weighted by molar-refractivity contribution is -0.118. The molecule has 0 aliphatic carbocycles. The van der Waals surface area contributed by atoms with Gasteiger partial charge in [0, 0.05) is 5.57 Å². The zero-order valence-corrected chi connectivity index (χ0v) is 6.02. The Labute approximate surface area is 60.4 Å². The Bertz CT molecular complexity index is 152. The second kappa shape index (κ2) is 4.61. The van der Waals surface area contributed by atoms with Crippen LogP contribution in [0, 0.1) is 0 Å². The molecule has 0 unspecified atom stereocenters. The second-order valence-corrected chi connectivity index (χ2v) is 1.76. The highest BCUT2D eigenvalue weighted by Gasteiger charge is 1.97. The first-order valence-electron chi connectivity index (χ1n) is 2.84. The zero-order chi connectivity index (χ0) is 7.98. The van der Waals surface area contributed by atoms with E-state index in [9.17, 15) is 4.79 Å². The molecule has 0 aromatic carbocycles. The molecule has 0 aromatic heterocycles. The maximum Gasteiger partial charge on any atom is 0.248 e. The number of ether oxygens (including phenoxy) is 1. The van der Waals surface area contributed by atoms with Crippen LogP contribution in [-0.2, 0) is 9.53 Å². The smallest absolute Gasteiger partial charge is 0.248 e. The second-order valence-electron chi connectivity index (χ2n) is 1.76. The summed E-state index contributed by atoms with van der Waals surface area (Å²) < 4.78 is 4.65. The molecule has 0 spiro atoms. The van der Waals surface area contributed by atoms with Gasteiger partial charge in [0.2, 0.25) is 5.91 Å². The molecule has 0 fully saturated rings. The van der Waals surface area contributed by atoms with Crippen molar-refractivity contribution in [2.45, 2.75) is 6.92 Å². The summed E-state index contributed by atoms with van der Waals surface area (Å²) in [6.45, 7) is 8.52. The van der Waals surface area contributed by atoms with E-state index >= 15 is 0 Å². The average Bonchev–Trinajstić information content (AvgIpc) is 1.88. The van der Waals surface area contributed by atoms with Crippen LogP contribution in [0.1, 0.15) is 6.92 Å². The van der Waals surface area contributed by atoms with E-state index in [1.165, 1.54) is 6.26 Å². The summed E-state index contributed by atoms with van der Waals surface area (Å²) in [7, 11) is 0. The highest BCUT2D eigenvalue weighted by atomic mass is 16.5. The van der Waals surface area contributed by atoms with Gasteiger partial charge in [-0.25, -0.2) is 0 Å². The van der Waals surface area contributed by atoms with Crippen molar-refractivity contribution < 1.29 is 9.53 Å². The number of carbonyl (C=O) groups is 1. The van der Waals surface area contributed by atoms with Crippen molar-refractivity contribution in [1.29, 1.82) is 0 Å². The fourth-order valence-corrected chi connectivity index (χ4v) is 0.317. The van der Waals surface area contributed by atoms with Crippen LogP contribution in [0.5, 0.6) is 0 Å². The van der Waals surface area contributed by atoms with Crippen molar-refractivity contribution in [2.75, 3.05) is 6.73 Å². The molecule has 0 atom stereocenters. The van der Waals surface area contributed by atoms with Gasteiger partial charge in [-0.1, -0.05) is 13.2 Å². The summed E-state index contributed by atoms with van der Waals surface area (Å²) in [6, 6.07) is 0. The van der Waals surface area contributed by atoms with Gasteiger partial charge in [0.15, 0.2) is 6.73 Å². The summed E-state index contributed by atoms with van der Waals surface area (Å²) >= 11 is 0. The Morgan fingerprint density at radius 2 is 2.40 bits per heavy atom. The van der Waals surface area contributed by atoms with Crippen LogP contribution in [-0.4, -0.2) is 12.6 Å². The van der Waals surface area contributed by atoms with Crippen molar-refractivity contribution in [1.82, 2.24) is 5.32 Å². The molecule has 1 amide bonds. The Morgan fingerprint density at radius 1 is 1.80 bits per heavy atom. The van der Waals surface area contributed by atoms with Crippen molar-refractivity contribution in [3.05, 3.63) is 25.0 Å². The van der Waals surface area contributed by atoms with Crippen LogP contribution >= 0.6 is 0 Å². The van der Waals surface area contributed by atoms with E-state index in [2.05, 4.69) is 23.2 Å². The summed E-state index contributed by atoms with van der Waals surface area (Å²) in [5.41, 5.74) is 0.465. The van der Waals surface area contributed by atoms with Crippen LogP contribution in [0.25, 0.3) is 0 Å². The minimum Gasteiger partial charge on any atom is -0.481 e. The van der Waals surface area contributed by atoms with Gasteiger partial charge in [0.1, 0.15) is 0 Å². The van der Waals surface area contributed by atoms with Crippen LogP contribution in [0.4, 0.5) is 0 Å². The highest BCUT2D eigenvalue weighted by Crippen LogP contribution is 1.84. The molecule has 0 heterocycles. The lowest BCUT2D eigenvalue weighted by Gasteiger charge is -2.02. The monoisotopic (exact) mass is 141 g/mol. The first-order chi connectivity index (χ1) is 4.68. The zero-order valence-electron chi connectivity index (χ0n) is 6.02. The largest absolute Gasteiger partial charge is 0.481 e. The molecule has 0 aromatic rings. The number of hydrogen-bond donors (Lipinski definition) is 1. The van der Waals surface area contributed by atoms with Gasteiger partial charge in [0.05, 0.1) is 6.26 Å². The molecular weight excluding hydrogens is 130 g/mol. The van der Waals surface area contributed by atoms with E-state index in [0.717, 1.165) is 0 Å². The van der Waals surface area contributed by atoms with E-state index in [4.69, 9.17) is 0 Å². The van der Waals surface area contributed by atoms with Crippen LogP contribution < -0.4 is 5.32 Å². The normalized spacial score (nSPS) is 8.10. The van der Waals surface area contributed by atoms with Gasteiger partial charge in [0.25, 0.3) is 0 Å². The number of nitrogens with one attached hydrogen (secondary N) is 1. The molecule has 0 bridgehead atoms. The summed E-state index contributed by atoms with van der Waals surface area (Å²) in [5.74, 6) is -0.207. The third-order valence-corrected chi connectivity index (χ3v) is 0.822. The summed E-state index contributed by atoms with van der Waals surface area (Å²) in [4.78, 5) is 10.7. The number of hydrogen-bond acceptors (Lipinski definition) is 2. The van der Waals surface area contributed by atoms with Gasteiger partial charge < -0.3 is 10.1 Å². The first kappa shape index (κ1) is 8.75. The van der Waals surface area contributed by atoms with Crippen molar-refractivity contribution >= 4 is 5.91 Å². The lowest BCUT2D eigenvalue weighted by Crippen LogP contribution is -2.25. The third kappa shape index (κ3) is 3.72. The first-order valence-corrected chi connectivity index (χ1v) is 2.84. The van der Waals surface area contributed by atoms with Gasteiger partial charge in [-0.05, 0) is 6.92 Å². The minimum atomic E-state index is -0.207. The standard InChI is InChI=1S/C7H11NO2/c1-4-10-5-8-7(9)6(2)3/h4H,1-2,5H2,3H3,(H,8,9). The summed E-state index contributed by atoms with van der Waals surface area (Å²) in [5, 5.41) is 2.45. The fourth-order valence-electron chi connectivity index (χ4n) is 0.317. The van der Waals surface area contributed by atoms with Gasteiger partial charge in [-0.2, -0.15) is 0 Å². The highest BCUT2D eigenvalue weighted by molar-refractivity contribution is 5.91. The Morgan fingerprint density at radius 3 is 2.80 bits per heavy atom. The van der Waals surface area contributed by atoms with Gasteiger partial charge in [-0.15, -0.1) is 0 Å². The third-order valence-electron chi connectivity index (χ3n) is 0.822. The average molecular weight is 141 g/mol. The molecular formula is C7H11NO2. The maximum atomic E-state index is 10.7. The SMILES string of the molecule is C=COCNC(=O)C(=C)C.